The second-order valence-electron chi connectivity index (χ2n) is 17.5. The van der Waals surface area contributed by atoms with Crippen LogP contribution in [0.4, 0.5) is 0 Å². The number of rotatable bonds is 43. The van der Waals surface area contributed by atoms with Crippen molar-refractivity contribution in [1.82, 2.24) is 5.32 Å². The van der Waals surface area contributed by atoms with Gasteiger partial charge in [0.05, 0.1) is 39.9 Å². The minimum atomic E-state index is -4.56. The Morgan fingerprint density at radius 3 is 1.44 bits per heavy atom. The van der Waals surface area contributed by atoms with Gasteiger partial charge in [0.15, 0.2) is 0 Å². The molecule has 3 atom stereocenters. The SMILES string of the molecule is CCCCCC/C=C\CCCCCCCC(=O)NC(COP(=O)([O-])OCC[N+](C)(C)C)C(O)CCCCCCCCCCCCCCCCCCCCCC. The fraction of sp³-hybridized carbons (Fsp3) is 0.935. The molecule has 0 aliphatic rings. The molecule has 0 aromatic carbocycles. The van der Waals surface area contributed by atoms with Gasteiger partial charge in [-0.1, -0.05) is 193 Å². The minimum absolute atomic E-state index is 0.0125. The molecular formula is C46H93N2O6P. The maximum atomic E-state index is 12.9. The number of phosphoric acid groups is 1. The van der Waals surface area contributed by atoms with Crippen molar-refractivity contribution in [3.05, 3.63) is 12.2 Å². The number of aliphatic hydroxyl groups is 1. The predicted octanol–water partition coefficient (Wildman–Crippen LogP) is 12.5. The molecule has 1 amide bonds. The summed E-state index contributed by atoms with van der Waals surface area (Å²) in [5.41, 5.74) is 0. The van der Waals surface area contributed by atoms with Crippen molar-refractivity contribution in [3.63, 3.8) is 0 Å². The van der Waals surface area contributed by atoms with Crippen LogP contribution in [0.15, 0.2) is 12.2 Å². The van der Waals surface area contributed by atoms with Crippen LogP contribution in [0.5, 0.6) is 0 Å². The number of carbonyl (C=O) groups excluding carboxylic acids is 1. The van der Waals surface area contributed by atoms with Crippen LogP contribution in [0.2, 0.25) is 0 Å². The van der Waals surface area contributed by atoms with Crippen LogP contribution in [-0.4, -0.2) is 68.5 Å². The molecule has 0 saturated heterocycles. The summed E-state index contributed by atoms with van der Waals surface area (Å²) in [6.07, 6.45) is 43.6. The number of likely N-dealkylation sites (N-methyl/N-ethyl adjacent to an activating group) is 1. The highest BCUT2D eigenvalue weighted by molar-refractivity contribution is 7.45. The Kier molecular flexibility index (Phi) is 38.2. The van der Waals surface area contributed by atoms with E-state index in [-0.39, 0.29) is 19.1 Å². The molecule has 0 radical (unpaired) electrons. The molecule has 55 heavy (non-hydrogen) atoms. The van der Waals surface area contributed by atoms with Crippen LogP contribution < -0.4 is 10.2 Å². The number of hydrogen-bond donors (Lipinski definition) is 2. The standard InChI is InChI=1S/C46H93N2O6P/c1-6-8-10-12-14-16-18-20-21-22-23-24-25-26-28-29-31-33-35-37-39-45(49)44(43-54-55(51,52)53-42-41-48(3,4)5)47-46(50)40-38-36-34-32-30-27-19-17-15-13-11-9-7-2/h17,19,44-45,49H,6-16,18,20-43H2,1-5H3,(H-,47,50,51,52)/b19-17-. The number of quaternary nitrogens is 1. The van der Waals surface area contributed by atoms with Crippen molar-refractivity contribution in [3.8, 4) is 0 Å². The highest BCUT2D eigenvalue weighted by atomic mass is 31.2. The lowest BCUT2D eigenvalue weighted by molar-refractivity contribution is -0.870. The molecule has 0 heterocycles. The van der Waals surface area contributed by atoms with Gasteiger partial charge < -0.3 is 28.8 Å². The highest BCUT2D eigenvalue weighted by Crippen LogP contribution is 2.38. The molecule has 0 aromatic rings. The number of hydrogen-bond acceptors (Lipinski definition) is 6. The molecule has 0 aliphatic carbocycles. The van der Waals surface area contributed by atoms with E-state index in [1.54, 1.807) is 0 Å². The molecule has 0 rings (SSSR count). The van der Waals surface area contributed by atoms with Crippen molar-refractivity contribution >= 4 is 13.7 Å². The lowest BCUT2D eigenvalue weighted by Crippen LogP contribution is -2.46. The summed E-state index contributed by atoms with van der Waals surface area (Å²) >= 11 is 0. The number of amides is 1. The quantitative estimate of drug-likeness (QED) is 0.0275. The Bertz CT molecular complexity index is 911. The van der Waals surface area contributed by atoms with Gasteiger partial charge in [0.1, 0.15) is 13.2 Å². The summed E-state index contributed by atoms with van der Waals surface area (Å²) in [6.45, 7) is 4.71. The number of allylic oxidation sites excluding steroid dienone is 2. The lowest BCUT2D eigenvalue weighted by Gasteiger charge is -2.30. The van der Waals surface area contributed by atoms with Crippen molar-refractivity contribution in [2.75, 3.05) is 40.9 Å². The van der Waals surface area contributed by atoms with Gasteiger partial charge in [-0.15, -0.1) is 0 Å². The van der Waals surface area contributed by atoms with Gasteiger partial charge in [-0.25, -0.2) is 0 Å². The summed E-state index contributed by atoms with van der Waals surface area (Å²) in [6, 6.07) is -0.800. The first-order chi connectivity index (χ1) is 26.5. The second-order valence-corrected chi connectivity index (χ2v) is 18.9. The molecule has 0 bridgehead atoms. The Morgan fingerprint density at radius 1 is 0.618 bits per heavy atom. The van der Waals surface area contributed by atoms with Gasteiger partial charge in [0.25, 0.3) is 7.82 Å². The lowest BCUT2D eigenvalue weighted by atomic mass is 10.0. The van der Waals surface area contributed by atoms with Crippen LogP contribution in [0.3, 0.4) is 0 Å². The van der Waals surface area contributed by atoms with Crippen molar-refractivity contribution in [1.29, 1.82) is 0 Å². The van der Waals surface area contributed by atoms with E-state index in [9.17, 15) is 19.4 Å². The molecule has 3 unspecified atom stereocenters. The topological polar surface area (TPSA) is 108 Å². The third-order valence-electron chi connectivity index (χ3n) is 10.8. The fourth-order valence-corrected chi connectivity index (χ4v) is 7.70. The van der Waals surface area contributed by atoms with E-state index in [1.807, 2.05) is 21.1 Å². The zero-order chi connectivity index (χ0) is 40.7. The molecule has 0 spiro atoms. The van der Waals surface area contributed by atoms with Gasteiger partial charge >= 0.3 is 0 Å². The fourth-order valence-electron chi connectivity index (χ4n) is 6.98. The first kappa shape index (κ1) is 54.2. The molecule has 0 aliphatic heterocycles. The highest BCUT2D eigenvalue weighted by Gasteiger charge is 2.24. The zero-order valence-electron chi connectivity index (χ0n) is 37.1. The number of carbonyl (C=O) groups is 1. The Hall–Kier alpha value is -0.760. The monoisotopic (exact) mass is 801 g/mol. The Morgan fingerprint density at radius 2 is 1.00 bits per heavy atom. The smallest absolute Gasteiger partial charge is 0.268 e. The molecule has 9 heteroatoms. The first-order valence-electron chi connectivity index (χ1n) is 23.5. The molecule has 0 saturated carbocycles. The predicted molar refractivity (Wildman–Crippen MR) is 233 cm³/mol. The van der Waals surface area contributed by atoms with Gasteiger partial charge in [0, 0.05) is 6.42 Å². The van der Waals surface area contributed by atoms with Crippen LogP contribution in [0, 0.1) is 0 Å². The van der Waals surface area contributed by atoms with Crippen LogP contribution in [-0.2, 0) is 18.4 Å². The van der Waals surface area contributed by atoms with E-state index >= 15 is 0 Å². The van der Waals surface area contributed by atoms with Crippen LogP contribution in [0.25, 0.3) is 0 Å². The first-order valence-corrected chi connectivity index (χ1v) is 25.0. The van der Waals surface area contributed by atoms with Crippen LogP contribution >= 0.6 is 7.82 Å². The third kappa shape index (κ3) is 41.2. The summed E-state index contributed by atoms with van der Waals surface area (Å²) in [4.78, 5) is 25.3. The summed E-state index contributed by atoms with van der Waals surface area (Å²) in [7, 11) is 1.31. The van der Waals surface area contributed by atoms with Gasteiger partial charge in [-0.2, -0.15) is 0 Å². The third-order valence-corrected chi connectivity index (χ3v) is 11.7. The maximum Gasteiger partial charge on any atom is 0.268 e. The van der Waals surface area contributed by atoms with E-state index in [4.69, 9.17) is 9.05 Å². The molecule has 8 nitrogen and oxygen atoms in total. The molecule has 2 N–H and O–H groups in total. The Labute approximate surface area is 342 Å². The van der Waals surface area contributed by atoms with E-state index in [2.05, 4.69) is 31.3 Å². The van der Waals surface area contributed by atoms with E-state index in [0.29, 0.717) is 23.9 Å². The molecule has 0 fully saturated rings. The van der Waals surface area contributed by atoms with Crippen LogP contribution in [0.1, 0.15) is 226 Å². The second kappa shape index (κ2) is 38.7. The number of unbranched alkanes of at least 4 members (excludes halogenated alkanes) is 28. The van der Waals surface area contributed by atoms with Crippen molar-refractivity contribution in [2.24, 2.45) is 0 Å². The van der Waals surface area contributed by atoms with Crippen molar-refractivity contribution in [2.45, 2.75) is 238 Å². The average Bonchev–Trinajstić information content (AvgIpc) is 3.13. The van der Waals surface area contributed by atoms with E-state index in [1.165, 1.54) is 148 Å². The molecular weight excluding hydrogens is 707 g/mol. The van der Waals surface area contributed by atoms with Crippen molar-refractivity contribution < 1.29 is 32.9 Å². The summed E-state index contributed by atoms with van der Waals surface area (Å²) < 4.78 is 23.3. The zero-order valence-corrected chi connectivity index (χ0v) is 38.0. The number of nitrogens with one attached hydrogen (secondary N) is 1. The summed E-state index contributed by atoms with van der Waals surface area (Å²) in [5, 5.41) is 13.9. The van der Waals surface area contributed by atoms with Gasteiger partial charge in [-0.3, -0.25) is 9.36 Å². The minimum Gasteiger partial charge on any atom is -0.756 e. The van der Waals surface area contributed by atoms with Gasteiger partial charge in [0.2, 0.25) is 5.91 Å². The number of nitrogens with zero attached hydrogens (tertiary/aromatic N) is 1. The van der Waals surface area contributed by atoms with E-state index in [0.717, 1.165) is 51.4 Å². The van der Waals surface area contributed by atoms with E-state index < -0.39 is 20.0 Å². The normalized spacial score (nSPS) is 14.4. The number of aliphatic hydroxyl groups excluding tert-OH is 1. The largest absolute Gasteiger partial charge is 0.756 e. The summed E-state index contributed by atoms with van der Waals surface area (Å²) in [5.74, 6) is -0.172. The average molecular weight is 801 g/mol. The molecule has 328 valence electrons. The maximum absolute atomic E-state index is 12.9. The Balaban J connectivity index is 4.28. The number of phosphoric ester groups is 1. The van der Waals surface area contributed by atoms with Gasteiger partial charge in [-0.05, 0) is 38.5 Å². The molecule has 0 aromatic heterocycles.